The van der Waals surface area contributed by atoms with Crippen LogP contribution in [0.4, 0.5) is 0 Å². The highest BCUT2D eigenvalue weighted by Crippen LogP contribution is 2.32. The second-order valence-electron chi connectivity index (χ2n) is 6.38. The van der Waals surface area contributed by atoms with Gasteiger partial charge in [-0.25, -0.2) is 0 Å². The molecule has 0 saturated heterocycles. The van der Waals surface area contributed by atoms with Crippen molar-refractivity contribution in [1.29, 1.82) is 0 Å². The van der Waals surface area contributed by atoms with Crippen LogP contribution in [0.15, 0.2) is 47.1 Å². The molecule has 0 atom stereocenters. The molecular weight excluding hydrogens is 326 g/mol. The summed E-state index contributed by atoms with van der Waals surface area (Å²) in [7, 11) is 0. The predicted molar refractivity (Wildman–Crippen MR) is 130 cm³/mol. The molecule has 0 amide bonds. The Morgan fingerprint density at radius 1 is 0.963 bits per heavy atom. The van der Waals surface area contributed by atoms with Crippen LogP contribution in [0.1, 0.15) is 99.1 Å². The van der Waals surface area contributed by atoms with Crippen LogP contribution in [0.25, 0.3) is 5.57 Å². The first-order valence-electron chi connectivity index (χ1n) is 10.8. The molecule has 0 aliphatic rings. The van der Waals surface area contributed by atoms with Crippen LogP contribution in [-0.4, -0.2) is 6.72 Å². The van der Waals surface area contributed by atoms with Crippen LogP contribution in [-0.2, 0) is 0 Å². The number of hydrogen-bond acceptors (Lipinski definition) is 1. The van der Waals surface area contributed by atoms with E-state index in [0.717, 1.165) is 11.3 Å². The van der Waals surface area contributed by atoms with Gasteiger partial charge in [0, 0.05) is 0 Å². The zero-order valence-electron chi connectivity index (χ0n) is 20.1. The molecule has 156 valence electrons. The first kappa shape index (κ1) is 30.1. The van der Waals surface area contributed by atoms with Crippen molar-refractivity contribution < 1.29 is 0 Å². The normalized spacial score (nSPS) is 10.2. The van der Waals surface area contributed by atoms with Crippen LogP contribution >= 0.6 is 0 Å². The number of hydrogen-bond donors (Lipinski definition) is 0. The third kappa shape index (κ3) is 13.2. The second-order valence-corrected chi connectivity index (χ2v) is 6.38. The first-order chi connectivity index (χ1) is 12.9. The van der Waals surface area contributed by atoms with E-state index in [1.807, 2.05) is 34.6 Å². The number of aryl methyl sites for hydroxylation is 1. The number of nitrogens with zero attached hydrogens (tertiary/aromatic N) is 1. The molecule has 0 fully saturated rings. The lowest BCUT2D eigenvalue weighted by molar-refractivity contribution is 0.702. The van der Waals surface area contributed by atoms with Gasteiger partial charge < -0.3 is 0 Å². The SMILES string of the molecule is C=N/C(C(=C)C)=C(/c1ccccc1C)C(C)C.CC.CC.CCCCCC. The summed E-state index contributed by atoms with van der Waals surface area (Å²) in [6.07, 6.45) is 5.54. The summed E-state index contributed by atoms with van der Waals surface area (Å²) in [6, 6.07) is 8.37. The fourth-order valence-corrected chi connectivity index (χ4v) is 2.54. The molecule has 0 unspecified atom stereocenters. The topological polar surface area (TPSA) is 12.4 Å². The molecule has 0 aliphatic carbocycles. The van der Waals surface area contributed by atoms with E-state index >= 15 is 0 Å². The zero-order chi connectivity index (χ0) is 21.8. The highest BCUT2D eigenvalue weighted by atomic mass is 14.7. The maximum absolute atomic E-state index is 4.16. The van der Waals surface area contributed by atoms with Gasteiger partial charge in [0.15, 0.2) is 0 Å². The maximum atomic E-state index is 4.16. The molecule has 1 aromatic carbocycles. The van der Waals surface area contributed by atoms with E-state index in [-0.39, 0.29) is 0 Å². The maximum Gasteiger partial charge on any atom is 0.0686 e. The van der Waals surface area contributed by atoms with Crippen LogP contribution in [0.3, 0.4) is 0 Å². The Bertz CT molecular complexity index is 517. The minimum absolute atomic E-state index is 0.397. The van der Waals surface area contributed by atoms with Crippen molar-refractivity contribution in [3.05, 3.63) is 53.2 Å². The average Bonchev–Trinajstić information content (AvgIpc) is 2.68. The Hall–Kier alpha value is -1.63. The molecule has 1 nitrogen and oxygen atoms in total. The first-order valence-corrected chi connectivity index (χ1v) is 10.8. The van der Waals surface area contributed by atoms with Crippen molar-refractivity contribution in [1.82, 2.24) is 0 Å². The Balaban J connectivity index is -0.000000484. The summed E-state index contributed by atoms with van der Waals surface area (Å²) in [5.41, 5.74) is 5.62. The fourth-order valence-electron chi connectivity index (χ4n) is 2.54. The molecule has 0 saturated carbocycles. The third-order valence-corrected chi connectivity index (χ3v) is 3.79. The highest BCUT2D eigenvalue weighted by molar-refractivity contribution is 5.75. The Labute approximate surface area is 171 Å². The molecule has 0 bridgehead atoms. The summed E-state index contributed by atoms with van der Waals surface area (Å²) < 4.78 is 0. The van der Waals surface area contributed by atoms with Crippen molar-refractivity contribution in [3.8, 4) is 0 Å². The summed E-state index contributed by atoms with van der Waals surface area (Å²) in [5, 5.41) is 0. The Morgan fingerprint density at radius 3 is 1.70 bits per heavy atom. The second kappa shape index (κ2) is 20.7. The Kier molecular flexibility index (Phi) is 23.1. The summed E-state index contributed by atoms with van der Waals surface area (Å²) in [6.45, 7) is 28.6. The lowest BCUT2D eigenvalue weighted by atomic mass is 9.89. The van der Waals surface area contributed by atoms with Gasteiger partial charge in [-0.3, -0.25) is 4.99 Å². The molecule has 1 heteroatoms. The van der Waals surface area contributed by atoms with E-state index in [1.54, 1.807) is 0 Å². The zero-order valence-corrected chi connectivity index (χ0v) is 20.1. The molecule has 0 radical (unpaired) electrons. The lowest BCUT2D eigenvalue weighted by Gasteiger charge is -2.18. The van der Waals surface area contributed by atoms with E-state index in [9.17, 15) is 0 Å². The number of aliphatic imine (C=N–C) groups is 1. The highest BCUT2D eigenvalue weighted by Gasteiger charge is 2.14. The van der Waals surface area contributed by atoms with Crippen molar-refractivity contribution in [3.63, 3.8) is 0 Å². The van der Waals surface area contributed by atoms with Gasteiger partial charge in [-0.15, -0.1) is 0 Å². The van der Waals surface area contributed by atoms with Crippen LogP contribution in [0, 0.1) is 12.8 Å². The molecule has 0 spiro atoms. The molecule has 27 heavy (non-hydrogen) atoms. The number of unbranched alkanes of at least 4 members (excludes halogenated alkanes) is 3. The molecular formula is C26H47N. The van der Waals surface area contributed by atoms with Gasteiger partial charge in [0.1, 0.15) is 0 Å². The van der Waals surface area contributed by atoms with Crippen molar-refractivity contribution >= 4 is 12.3 Å². The van der Waals surface area contributed by atoms with E-state index in [1.165, 1.54) is 42.4 Å². The third-order valence-electron chi connectivity index (χ3n) is 3.79. The van der Waals surface area contributed by atoms with E-state index in [0.29, 0.717) is 5.92 Å². The minimum atomic E-state index is 0.397. The van der Waals surface area contributed by atoms with E-state index < -0.39 is 0 Å². The number of allylic oxidation sites excluding steroid dienone is 2. The number of benzene rings is 1. The van der Waals surface area contributed by atoms with Crippen molar-refractivity contribution in [2.75, 3.05) is 0 Å². The fraction of sp³-hybridized carbons (Fsp3) is 0.577. The molecule has 0 N–H and O–H groups in total. The van der Waals surface area contributed by atoms with Gasteiger partial charge in [-0.2, -0.15) is 0 Å². The van der Waals surface area contributed by atoms with Gasteiger partial charge in [0.2, 0.25) is 0 Å². The van der Waals surface area contributed by atoms with Crippen LogP contribution in [0.5, 0.6) is 0 Å². The van der Waals surface area contributed by atoms with Gasteiger partial charge in [-0.1, -0.05) is 112 Å². The minimum Gasteiger partial charge on any atom is -0.264 e. The predicted octanol–water partition coefficient (Wildman–Crippen LogP) is 9.28. The van der Waals surface area contributed by atoms with Crippen LogP contribution in [0.2, 0.25) is 0 Å². The Morgan fingerprint density at radius 2 is 1.41 bits per heavy atom. The quantitative estimate of drug-likeness (QED) is 0.256. The summed E-state index contributed by atoms with van der Waals surface area (Å²) >= 11 is 0. The van der Waals surface area contributed by atoms with E-state index in [4.69, 9.17) is 0 Å². The smallest absolute Gasteiger partial charge is 0.0686 e. The van der Waals surface area contributed by atoms with Gasteiger partial charge in [0.25, 0.3) is 0 Å². The lowest BCUT2D eigenvalue weighted by Crippen LogP contribution is -2.01. The summed E-state index contributed by atoms with van der Waals surface area (Å²) in [5.74, 6) is 0.397. The standard InChI is InChI=1S/C16H21N.C6H14.2C2H6/c1-11(2)15(16(17-6)12(3)4)14-10-8-7-9-13(14)5;1-3-5-6-4-2;2*1-2/h7-11H,3,6H2,1-2,4-5H3;3-6H2,1-2H3;2*1-2H3/b16-15+;;;. The molecule has 0 heterocycles. The van der Waals surface area contributed by atoms with Crippen LogP contribution < -0.4 is 0 Å². The molecule has 1 rings (SSSR count). The van der Waals surface area contributed by atoms with Gasteiger partial charge in [0.05, 0.1) is 5.70 Å². The van der Waals surface area contributed by atoms with Gasteiger partial charge in [-0.05, 0) is 48.8 Å². The van der Waals surface area contributed by atoms with Crippen molar-refractivity contribution in [2.45, 2.75) is 94.9 Å². The van der Waals surface area contributed by atoms with E-state index in [2.05, 4.69) is 77.2 Å². The largest absolute Gasteiger partial charge is 0.264 e. The monoisotopic (exact) mass is 373 g/mol. The molecule has 0 aromatic heterocycles. The molecule has 0 aliphatic heterocycles. The average molecular weight is 374 g/mol. The van der Waals surface area contributed by atoms with Gasteiger partial charge >= 0.3 is 0 Å². The summed E-state index contributed by atoms with van der Waals surface area (Å²) in [4.78, 5) is 4.16. The number of rotatable bonds is 7. The van der Waals surface area contributed by atoms with Crippen molar-refractivity contribution in [2.24, 2.45) is 10.9 Å². The molecule has 1 aromatic rings.